The second-order valence-corrected chi connectivity index (χ2v) is 4.32. The summed E-state index contributed by atoms with van der Waals surface area (Å²) in [5.41, 5.74) is 0. The first-order chi connectivity index (χ1) is 7.54. The SMILES string of the molecule is CC(C=O)NC(=O)C1CCC(C(=O)O)CC1. The lowest BCUT2D eigenvalue weighted by molar-refractivity contribution is -0.144. The van der Waals surface area contributed by atoms with Gasteiger partial charge in [0.05, 0.1) is 12.0 Å². The van der Waals surface area contributed by atoms with Crippen LogP contribution in [0.15, 0.2) is 0 Å². The number of nitrogens with one attached hydrogen (secondary N) is 1. The number of carboxylic acid groups (broad SMARTS) is 1. The van der Waals surface area contributed by atoms with Gasteiger partial charge in [0.2, 0.25) is 5.91 Å². The molecule has 1 unspecified atom stereocenters. The van der Waals surface area contributed by atoms with Crippen molar-refractivity contribution in [3.8, 4) is 0 Å². The third-order valence-corrected chi connectivity index (χ3v) is 3.02. The zero-order valence-electron chi connectivity index (χ0n) is 9.31. The number of carbonyl (C=O) groups excluding carboxylic acids is 2. The van der Waals surface area contributed by atoms with Crippen LogP contribution in [0.3, 0.4) is 0 Å². The van der Waals surface area contributed by atoms with Crippen molar-refractivity contribution in [2.24, 2.45) is 11.8 Å². The van der Waals surface area contributed by atoms with Crippen LogP contribution in [0.25, 0.3) is 0 Å². The Morgan fingerprint density at radius 1 is 1.25 bits per heavy atom. The standard InChI is InChI=1S/C11H17NO4/c1-7(6-13)12-10(14)8-2-4-9(5-3-8)11(15)16/h6-9H,2-5H2,1H3,(H,12,14)(H,15,16). The molecule has 0 aliphatic heterocycles. The van der Waals surface area contributed by atoms with E-state index in [-0.39, 0.29) is 17.7 Å². The number of rotatable bonds is 4. The van der Waals surface area contributed by atoms with Gasteiger partial charge in [-0.1, -0.05) is 0 Å². The maximum Gasteiger partial charge on any atom is 0.306 e. The van der Waals surface area contributed by atoms with E-state index in [0.717, 1.165) is 0 Å². The topological polar surface area (TPSA) is 83.5 Å². The second kappa shape index (κ2) is 5.63. The highest BCUT2D eigenvalue weighted by molar-refractivity contribution is 5.82. The van der Waals surface area contributed by atoms with Crippen LogP contribution in [0.2, 0.25) is 0 Å². The second-order valence-electron chi connectivity index (χ2n) is 4.32. The first-order valence-electron chi connectivity index (χ1n) is 5.53. The largest absolute Gasteiger partial charge is 0.481 e. The Labute approximate surface area is 94.2 Å². The number of aldehydes is 1. The van der Waals surface area contributed by atoms with Crippen molar-refractivity contribution in [3.63, 3.8) is 0 Å². The predicted molar refractivity (Wildman–Crippen MR) is 56.8 cm³/mol. The summed E-state index contributed by atoms with van der Waals surface area (Å²) in [6.45, 7) is 1.62. The minimum absolute atomic E-state index is 0.136. The molecule has 5 nitrogen and oxygen atoms in total. The summed E-state index contributed by atoms with van der Waals surface area (Å²) >= 11 is 0. The van der Waals surface area contributed by atoms with Gasteiger partial charge in [-0.25, -0.2) is 0 Å². The third kappa shape index (κ3) is 3.32. The number of amides is 1. The molecule has 1 aliphatic rings. The molecule has 16 heavy (non-hydrogen) atoms. The van der Waals surface area contributed by atoms with Crippen molar-refractivity contribution in [2.75, 3.05) is 0 Å². The van der Waals surface area contributed by atoms with Crippen LogP contribution in [-0.2, 0) is 14.4 Å². The summed E-state index contributed by atoms with van der Waals surface area (Å²) in [5.74, 6) is -1.37. The van der Waals surface area contributed by atoms with Gasteiger partial charge in [-0.2, -0.15) is 0 Å². The molecule has 0 spiro atoms. The molecule has 0 bridgehead atoms. The predicted octanol–water partition coefficient (Wildman–Crippen LogP) is 0.581. The number of hydrogen-bond acceptors (Lipinski definition) is 3. The van der Waals surface area contributed by atoms with E-state index in [1.54, 1.807) is 6.92 Å². The summed E-state index contributed by atoms with van der Waals surface area (Å²) in [6.07, 6.45) is 2.95. The summed E-state index contributed by atoms with van der Waals surface area (Å²) in [7, 11) is 0. The molecule has 0 aromatic rings. The molecular formula is C11H17NO4. The minimum atomic E-state index is -0.778. The van der Waals surface area contributed by atoms with Crippen molar-refractivity contribution in [1.82, 2.24) is 5.32 Å². The summed E-state index contributed by atoms with van der Waals surface area (Å²) < 4.78 is 0. The Morgan fingerprint density at radius 2 is 1.75 bits per heavy atom. The van der Waals surface area contributed by atoms with E-state index < -0.39 is 12.0 Å². The molecule has 0 aromatic carbocycles. The van der Waals surface area contributed by atoms with Crippen molar-refractivity contribution >= 4 is 18.2 Å². The Balaban J connectivity index is 2.38. The van der Waals surface area contributed by atoms with Gasteiger partial charge in [0.25, 0.3) is 0 Å². The van der Waals surface area contributed by atoms with E-state index in [0.29, 0.717) is 32.0 Å². The van der Waals surface area contributed by atoms with Crippen molar-refractivity contribution in [2.45, 2.75) is 38.6 Å². The molecule has 1 fully saturated rings. The fraction of sp³-hybridized carbons (Fsp3) is 0.727. The quantitative estimate of drug-likeness (QED) is 0.688. The highest BCUT2D eigenvalue weighted by atomic mass is 16.4. The molecule has 0 radical (unpaired) electrons. The Bertz CT molecular complexity index is 282. The van der Waals surface area contributed by atoms with E-state index in [9.17, 15) is 14.4 Å². The van der Waals surface area contributed by atoms with Gasteiger partial charge in [-0.3, -0.25) is 9.59 Å². The molecule has 1 rings (SSSR count). The zero-order valence-corrected chi connectivity index (χ0v) is 9.31. The Hall–Kier alpha value is -1.39. The number of aliphatic carboxylic acids is 1. The van der Waals surface area contributed by atoms with E-state index in [1.165, 1.54) is 0 Å². The van der Waals surface area contributed by atoms with E-state index in [2.05, 4.69) is 5.32 Å². The molecule has 1 saturated carbocycles. The third-order valence-electron chi connectivity index (χ3n) is 3.02. The number of carbonyl (C=O) groups is 3. The van der Waals surface area contributed by atoms with Crippen LogP contribution in [0, 0.1) is 11.8 Å². The average Bonchev–Trinajstić information content (AvgIpc) is 2.28. The first-order valence-corrected chi connectivity index (χ1v) is 5.53. The van der Waals surface area contributed by atoms with Crippen LogP contribution in [0.5, 0.6) is 0 Å². The lowest BCUT2D eigenvalue weighted by Gasteiger charge is -2.25. The van der Waals surface area contributed by atoms with Gasteiger partial charge in [0.15, 0.2) is 0 Å². The van der Waals surface area contributed by atoms with E-state index in [1.807, 2.05) is 0 Å². The Morgan fingerprint density at radius 3 is 2.19 bits per heavy atom. The summed E-state index contributed by atoms with van der Waals surface area (Å²) in [5, 5.41) is 11.4. The lowest BCUT2D eigenvalue weighted by atomic mass is 9.81. The average molecular weight is 227 g/mol. The smallest absolute Gasteiger partial charge is 0.306 e. The van der Waals surface area contributed by atoms with Crippen LogP contribution in [-0.4, -0.2) is 29.3 Å². The molecule has 1 amide bonds. The molecule has 5 heteroatoms. The summed E-state index contributed by atoms with van der Waals surface area (Å²) in [4.78, 5) is 32.7. The van der Waals surface area contributed by atoms with E-state index >= 15 is 0 Å². The van der Waals surface area contributed by atoms with Gasteiger partial charge < -0.3 is 15.2 Å². The maximum atomic E-state index is 11.6. The number of carboxylic acids is 1. The first kappa shape index (κ1) is 12.7. The van der Waals surface area contributed by atoms with Crippen molar-refractivity contribution < 1.29 is 19.5 Å². The highest BCUT2D eigenvalue weighted by Crippen LogP contribution is 2.28. The molecule has 0 heterocycles. The minimum Gasteiger partial charge on any atom is -0.481 e. The van der Waals surface area contributed by atoms with Gasteiger partial charge >= 0.3 is 5.97 Å². The maximum absolute atomic E-state index is 11.6. The molecule has 2 N–H and O–H groups in total. The van der Waals surface area contributed by atoms with Gasteiger partial charge in [0, 0.05) is 5.92 Å². The van der Waals surface area contributed by atoms with Crippen molar-refractivity contribution in [3.05, 3.63) is 0 Å². The molecule has 90 valence electrons. The summed E-state index contributed by atoms with van der Waals surface area (Å²) in [6, 6.07) is -0.468. The molecular weight excluding hydrogens is 210 g/mol. The molecule has 1 aliphatic carbocycles. The van der Waals surface area contributed by atoms with Gasteiger partial charge in [0.1, 0.15) is 6.29 Å². The zero-order chi connectivity index (χ0) is 12.1. The van der Waals surface area contributed by atoms with Crippen molar-refractivity contribution in [1.29, 1.82) is 0 Å². The van der Waals surface area contributed by atoms with Crippen LogP contribution < -0.4 is 5.32 Å². The van der Waals surface area contributed by atoms with Gasteiger partial charge in [-0.15, -0.1) is 0 Å². The normalized spacial score (nSPS) is 26.8. The molecule has 0 aromatic heterocycles. The Kier molecular flexibility index (Phi) is 4.46. The molecule has 0 saturated heterocycles. The molecule has 1 atom stereocenters. The number of hydrogen-bond donors (Lipinski definition) is 2. The van der Waals surface area contributed by atoms with Crippen LogP contribution in [0.1, 0.15) is 32.6 Å². The lowest BCUT2D eigenvalue weighted by Crippen LogP contribution is -2.39. The van der Waals surface area contributed by atoms with E-state index in [4.69, 9.17) is 5.11 Å². The van der Waals surface area contributed by atoms with Crippen LogP contribution in [0.4, 0.5) is 0 Å². The highest BCUT2D eigenvalue weighted by Gasteiger charge is 2.29. The fourth-order valence-corrected chi connectivity index (χ4v) is 1.98. The van der Waals surface area contributed by atoms with Gasteiger partial charge in [-0.05, 0) is 32.6 Å². The monoisotopic (exact) mass is 227 g/mol. The fourth-order valence-electron chi connectivity index (χ4n) is 1.98. The van der Waals surface area contributed by atoms with Crippen LogP contribution >= 0.6 is 0 Å².